The van der Waals surface area contributed by atoms with E-state index in [1.54, 1.807) is 28.4 Å². The molecular weight excluding hydrogens is 210 g/mol. The lowest BCUT2D eigenvalue weighted by Gasteiger charge is -2.06. The molecule has 0 fully saturated rings. The van der Waals surface area contributed by atoms with Crippen molar-refractivity contribution < 1.29 is 0 Å². The van der Waals surface area contributed by atoms with E-state index in [9.17, 15) is 0 Å². The summed E-state index contributed by atoms with van der Waals surface area (Å²) in [6, 6.07) is 1.90. The summed E-state index contributed by atoms with van der Waals surface area (Å²) in [6.07, 6.45) is 7.00. The third kappa shape index (κ3) is 1.07. The Morgan fingerprint density at radius 3 is 3.20 bits per heavy atom. The zero-order valence-electron chi connectivity index (χ0n) is 7.53. The van der Waals surface area contributed by atoms with E-state index < -0.39 is 0 Å². The zero-order valence-corrected chi connectivity index (χ0v) is 8.35. The second-order valence-corrected chi connectivity index (χ2v) is 3.85. The van der Waals surface area contributed by atoms with Crippen LogP contribution in [0.1, 0.15) is 0 Å². The van der Waals surface area contributed by atoms with Gasteiger partial charge in [-0.2, -0.15) is 10.4 Å². The van der Waals surface area contributed by atoms with Crippen LogP contribution in [0, 0.1) is 11.5 Å². The second kappa shape index (κ2) is 2.93. The van der Waals surface area contributed by atoms with Gasteiger partial charge in [0.15, 0.2) is 12.0 Å². The van der Waals surface area contributed by atoms with Gasteiger partial charge in [-0.15, -0.1) is 11.3 Å². The SMILES string of the molecule is N#CN1C=Cn2ncnc2-c2sccc21. The summed E-state index contributed by atoms with van der Waals surface area (Å²) in [7, 11) is 0. The van der Waals surface area contributed by atoms with Crippen molar-refractivity contribution >= 4 is 23.2 Å². The first-order chi connectivity index (χ1) is 7.40. The van der Waals surface area contributed by atoms with Crippen molar-refractivity contribution in [2.45, 2.75) is 0 Å². The highest BCUT2D eigenvalue weighted by Gasteiger charge is 2.19. The average Bonchev–Trinajstić information content (AvgIpc) is 2.85. The van der Waals surface area contributed by atoms with E-state index in [0.717, 1.165) is 16.4 Å². The molecule has 3 heterocycles. The summed E-state index contributed by atoms with van der Waals surface area (Å²) >= 11 is 1.55. The molecule has 6 heteroatoms. The lowest BCUT2D eigenvalue weighted by Crippen LogP contribution is -2.05. The van der Waals surface area contributed by atoms with Gasteiger partial charge in [-0.1, -0.05) is 0 Å². The number of nitriles is 1. The van der Waals surface area contributed by atoms with Gasteiger partial charge in [0.2, 0.25) is 0 Å². The molecule has 72 valence electrons. The quantitative estimate of drug-likeness (QED) is 0.628. The van der Waals surface area contributed by atoms with Crippen molar-refractivity contribution in [2.24, 2.45) is 0 Å². The smallest absolute Gasteiger partial charge is 0.188 e. The molecule has 0 bridgehead atoms. The van der Waals surface area contributed by atoms with Crippen LogP contribution in [0.15, 0.2) is 24.0 Å². The van der Waals surface area contributed by atoms with Crippen LogP contribution >= 0.6 is 11.3 Å². The fourth-order valence-electron chi connectivity index (χ4n) is 1.48. The van der Waals surface area contributed by atoms with Crippen LogP contribution in [0.2, 0.25) is 0 Å². The molecule has 5 nitrogen and oxygen atoms in total. The molecule has 0 aliphatic carbocycles. The first-order valence-corrected chi connectivity index (χ1v) is 5.13. The second-order valence-electron chi connectivity index (χ2n) is 2.93. The van der Waals surface area contributed by atoms with E-state index in [2.05, 4.69) is 16.3 Å². The highest BCUT2D eigenvalue weighted by Crippen LogP contribution is 2.36. The summed E-state index contributed by atoms with van der Waals surface area (Å²) in [5.74, 6) is 0.772. The Balaban J connectivity index is 2.32. The molecule has 0 atom stereocenters. The summed E-state index contributed by atoms with van der Waals surface area (Å²) in [4.78, 5) is 6.63. The standard InChI is InChI=1S/C9H5N5S/c10-5-13-2-3-14-9(11-6-12-14)8-7(13)1-4-15-8/h1-4,6H. The molecule has 15 heavy (non-hydrogen) atoms. The highest BCUT2D eigenvalue weighted by atomic mass is 32.1. The van der Waals surface area contributed by atoms with Gasteiger partial charge >= 0.3 is 0 Å². The molecule has 0 saturated carbocycles. The zero-order chi connectivity index (χ0) is 10.3. The monoisotopic (exact) mass is 215 g/mol. The molecule has 0 unspecified atom stereocenters. The van der Waals surface area contributed by atoms with Crippen LogP contribution in [0.5, 0.6) is 0 Å². The largest absolute Gasteiger partial charge is 0.252 e. The van der Waals surface area contributed by atoms with Crippen molar-refractivity contribution in [1.29, 1.82) is 5.26 Å². The van der Waals surface area contributed by atoms with Crippen LogP contribution in [-0.2, 0) is 0 Å². The number of hydrogen-bond acceptors (Lipinski definition) is 5. The molecule has 1 aliphatic rings. The van der Waals surface area contributed by atoms with Gasteiger partial charge in [-0.3, -0.25) is 4.90 Å². The van der Waals surface area contributed by atoms with Gasteiger partial charge in [-0.05, 0) is 11.4 Å². The van der Waals surface area contributed by atoms with Crippen LogP contribution in [-0.4, -0.2) is 14.8 Å². The molecule has 1 aliphatic heterocycles. The predicted molar refractivity (Wildman–Crippen MR) is 56.8 cm³/mol. The molecule has 0 amide bonds. The summed E-state index contributed by atoms with van der Waals surface area (Å²) in [6.45, 7) is 0. The molecule has 2 aromatic rings. The van der Waals surface area contributed by atoms with E-state index in [1.807, 2.05) is 11.4 Å². The Bertz CT molecular complexity index is 573. The van der Waals surface area contributed by atoms with E-state index >= 15 is 0 Å². The maximum absolute atomic E-state index is 8.98. The molecule has 3 rings (SSSR count). The highest BCUT2D eigenvalue weighted by molar-refractivity contribution is 7.14. The van der Waals surface area contributed by atoms with Gasteiger partial charge in [-0.25, -0.2) is 9.67 Å². The van der Waals surface area contributed by atoms with Crippen molar-refractivity contribution in [3.8, 4) is 16.9 Å². The third-order valence-electron chi connectivity index (χ3n) is 2.14. The van der Waals surface area contributed by atoms with Crippen molar-refractivity contribution in [2.75, 3.05) is 4.90 Å². The van der Waals surface area contributed by atoms with Crippen LogP contribution in [0.3, 0.4) is 0 Å². The Kier molecular flexibility index (Phi) is 1.60. The van der Waals surface area contributed by atoms with Gasteiger partial charge < -0.3 is 0 Å². The van der Waals surface area contributed by atoms with Crippen LogP contribution in [0.4, 0.5) is 5.69 Å². The molecule has 0 radical (unpaired) electrons. The number of thiophene rings is 1. The number of fused-ring (bicyclic) bond motifs is 3. The average molecular weight is 215 g/mol. The van der Waals surface area contributed by atoms with Gasteiger partial charge in [0.25, 0.3) is 0 Å². The van der Waals surface area contributed by atoms with E-state index in [-0.39, 0.29) is 0 Å². The molecule has 0 saturated heterocycles. The number of anilines is 1. The van der Waals surface area contributed by atoms with Gasteiger partial charge in [0.1, 0.15) is 6.33 Å². The minimum absolute atomic E-state index is 0.772. The summed E-state index contributed by atoms with van der Waals surface area (Å²) in [5.41, 5.74) is 0.852. The molecule has 0 N–H and O–H groups in total. The minimum Gasteiger partial charge on any atom is -0.252 e. The number of aromatic nitrogens is 3. The Labute approximate surface area is 89.5 Å². The maximum atomic E-state index is 8.98. The topological polar surface area (TPSA) is 57.7 Å². The number of rotatable bonds is 0. The third-order valence-corrected chi connectivity index (χ3v) is 3.04. The lowest BCUT2D eigenvalue weighted by molar-refractivity contribution is 0.944. The molecular formula is C9H5N5S. The van der Waals surface area contributed by atoms with Crippen molar-refractivity contribution in [3.63, 3.8) is 0 Å². The molecule has 2 aromatic heterocycles. The van der Waals surface area contributed by atoms with Crippen molar-refractivity contribution in [1.82, 2.24) is 14.8 Å². The van der Waals surface area contributed by atoms with Crippen molar-refractivity contribution in [3.05, 3.63) is 24.0 Å². The van der Waals surface area contributed by atoms with Gasteiger partial charge in [0.05, 0.1) is 10.6 Å². The normalized spacial score (nSPS) is 12.9. The first-order valence-electron chi connectivity index (χ1n) is 4.25. The molecule has 0 aromatic carbocycles. The number of hydrogen-bond donors (Lipinski definition) is 0. The number of nitrogens with zero attached hydrogens (tertiary/aromatic N) is 5. The molecule has 0 spiro atoms. The fraction of sp³-hybridized carbons (Fsp3) is 0. The fourth-order valence-corrected chi connectivity index (χ4v) is 2.35. The van der Waals surface area contributed by atoms with E-state index in [1.165, 1.54) is 11.2 Å². The van der Waals surface area contributed by atoms with Crippen LogP contribution in [0.25, 0.3) is 16.9 Å². The Hall–Kier alpha value is -2.13. The Morgan fingerprint density at radius 2 is 2.33 bits per heavy atom. The minimum atomic E-state index is 0.772. The summed E-state index contributed by atoms with van der Waals surface area (Å²) < 4.78 is 1.66. The predicted octanol–water partition coefficient (Wildman–Crippen LogP) is 1.74. The lowest BCUT2D eigenvalue weighted by atomic mass is 10.3. The first kappa shape index (κ1) is 8.20. The van der Waals surface area contributed by atoms with E-state index in [4.69, 9.17) is 5.26 Å². The van der Waals surface area contributed by atoms with E-state index in [0.29, 0.717) is 0 Å². The Morgan fingerprint density at radius 1 is 1.40 bits per heavy atom. The summed E-state index contributed by atoms with van der Waals surface area (Å²) in [5, 5.41) is 15.0. The maximum Gasteiger partial charge on any atom is 0.188 e. The van der Waals surface area contributed by atoms with Crippen LogP contribution < -0.4 is 4.90 Å². The van der Waals surface area contributed by atoms with Gasteiger partial charge in [0, 0.05) is 12.4 Å².